The molecule has 1 aromatic heterocycles. The fourth-order valence-electron chi connectivity index (χ4n) is 3.64. The van der Waals surface area contributed by atoms with Crippen molar-refractivity contribution in [2.45, 2.75) is 25.2 Å². The van der Waals surface area contributed by atoms with E-state index in [1.54, 1.807) is 11.0 Å². The highest BCUT2D eigenvalue weighted by Gasteiger charge is 2.35. The van der Waals surface area contributed by atoms with Gasteiger partial charge in [0.05, 0.1) is 10.8 Å². The lowest BCUT2D eigenvalue weighted by Crippen LogP contribution is -2.28. The van der Waals surface area contributed by atoms with Crippen LogP contribution in [0.3, 0.4) is 0 Å². The molecule has 1 atom stereocenters. The zero-order valence-electron chi connectivity index (χ0n) is 18.1. The van der Waals surface area contributed by atoms with Crippen molar-refractivity contribution in [1.29, 1.82) is 0 Å². The number of nitrogens with zero attached hydrogens (tertiary/aromatic N) is 3. The van der Waals surface area contributed by atoms with Crippen molar-refractivity contribution in [3.8, 4) is 0 Å². The predicted octanol–water partition coefficient (Wildman–Crippen LogP) is 2.89. The quantitative estimate of drug-likeness (QED) is 0.577. The lowest BCUT2D eigenvalue weighted by Gasteiger charge is -2.20. The third kappa shape index (κ3) is 4.85. The van der Waals surface area contributed by atoms with Crippen molar-refractivity contribution in [3.63, 3.8) is 0 Å². The molecule has 4 rings (SSSR count). The summed E-state index contributed by atoms with van der Waals surface area (Å²) in [6.45, 7) is 4.23. The standard InChI is InChI=1S/C23H23N5O4S/c1-15-5-3-6-20(16(15)2)28-14-17(13-21(28)29)22(30)26-18-7-9-19(10-8-18)33(31,32)27-23-24-11-4-12-25-23/h3-12,17H,13-14H2,1-2H3,(H,26,30)(H,24,25,27). The lowest BCUT2D eigenvalue weighted by molar-refractivity contribution is -0.122. The number of benzene rings is 2. The maximum absolute atomic E-state index is 12.8. The minimum Gasteiger partial charge on any atom is -0.326 e. The average Bonchev–Trinajstić information content (AvgIpc) is 3.18. The smallest absolute Gasteiger partial charge is 0.264 e. The molecule has 2 aromatic carbocycles. The van der Waals surface area contributed by atoms with Crippen molar-refractivity contribution in [3.05, 3.63) is 72.1 Å². The zero-order chi connectivity index (χ0) is 23.6. The molecule has 2 N–H and O–H groups in total. The summed E-state index contributed by atoms with van der Waals surface area (Å²) >= 11 is 0. The summed E-state index contributed by atoms with van der Waals surface area (Å²) in [6, 6.07) is 13.1. The van der Waals surface area contributed by atoms with Crippen LogP contribution in [0.15, 0.2) is 65.8 Å². The zero-order valence-corrected chi connectivity index (χ0v) is 19.0. The molecule has 33 heavy (non-hydrogen) atoms. The van der Waals surface area contributed by atoms with E-state index in [1.165, 1.54) is 36.7 Å². The van der Waals surface area contributed by atoms with Gasteiger partial charge in [0.25, 0.3) is 10.0 Å². The van der Waals surface area contributed by atoms with Gasteiger partial charge in [-0.05, 0) is 61.4 Å². The Morgan fingerprint density at radius 2 is 1.73 bits per heavy atom. The van der Waals surface area contributed by atoms with Crippen LogP contribution in [-0.4, -0.2) is 36.7 Å². The molecule has 0 aliphatic carbocycles. The normalized spacial score (nSPS) is 16.0. The molecular formula is C23H23N5O4S. The second-order valence-corrected chi connectivity index (χ2v) is 9.50. The third-order valence-electron chi connectivity index (χ3n) is 5.59. The number of rotatable bonds is 6. The van der Waals surface area contributed by atoms with Crippen LogP contribution in [0.4, 0.5) is 17.3 Å². The van der Waals surface area contributed by atoms with Crippen LogP contribution in [0, 0.1) is 19.8 Å². The van der Waals surface area contributed by atoms with E-state index >= 15 is 0 Å². The Kier molecular flexibility index (Phi) is 6.10. The Labute approximate surface area is 191 Å². The van der Waals surface area contributed by atoms with Crippen molar-refractivity contribution in [2.24, 2.45) is 5.92 Å². The number of amides is 2. The Balaban J connectivity index is 1.42. The highest BCUT2D eigenvalue weighted by Crippen LogP contribution is 2.30. The maximum atomic E-state index is 12.8. The first-order valence-corrected chi connectivity index (χ1v) is 11.8. The summed E-state index contributed by atoms with van der Waals surface area (Å²) < 4.78 is 27.3. The van der Waals surface area contributed by atoms with Gasteiger partial charge in [0, 0.05) is 36.7 Å². The van der Waals surface area contributed by atoms with Crippen molar-refractivity contribution < 1.29 is 18.0 Å². The molecule has 1 fully saturated rings. The maximum Gasteiger partial charge on any atom is 0.264 e. The summed E-state index contributed by atoms with van der Waals surface area (Å²) in [5, 5.41) is 2.77. The minimum atomic E-state index is -3.87. The third-order valence-corrected chi connectivity index (χ3v) is 6.93. The lowest BCUT2D eigenvalue weighted by atomic mass is 10.1. The highest BCUT2D eigenvalue weighted by molar-refractivity contribution is 7.92. The summed E-state index contributed by atoms with van der Waals surface area (Å²) in [4.78, 5) is 34.7. The number of anilines is 3. The van der Waals surface area contributed by atoms with E-state index in [4.69, 9.17) is 0 Å². The first-order chi connectivity index (χ1) is 15.7. The Hall–Kier alpha value is -3.79. The first-order valence-electron chi connectivity index (χ1n) is 10.3. The van der Waals surface area contributed by atoms with E-state index in [9.17, 15) is 18.0 Å². The number of aromatic nitrogens is 2. The van der Waals surface area contributed by atoms with Crippen molar-refractivity contribution in [1.82, 2.24) is 9.97 Å². The van der Waals surface area contributed by atoms with Gasteiger partial charge in [-0.25, -0.2) is 23.1 Å². The van der Waals surface area contributed by atoms with Gasteiger partial charge in [0.1, 0.15) is 0 Å². The van der Waals surface area contributed by atoms with Gasteiger partial charge >= 0.3 is 0 Å². The highest BCUT2D eigenvalue weighted by atomic mass is 32.2. The largest absolute Gasteiger partial charge is 0.326 e. The topological polar surface area (TPSA) is 121 Å². The molecule has 1 aliphatic heterocycles. The number of hydrogen-bond donors (Lipinski definition) is 2. The van der Waals surface area contributed by atoms with Gasteiger partial charge in [0.2, 0.25) is 17.8 Å². The Morgan fingerprint density at radius 3 is 2.42 bits per heavy atom. The van der Waals surface area contributed by atoms with Crippen LogP contribution in [0.5, 0.6) is 0 Å². The number of sulfonamides is 1. The molecule has 0 bridgehead atoms. The molecule has 9 nitrogen and oxygen atoms in total. The Bertz CT molecular complexity index is 1290. The molecule has 0 spiro atoms. The molecule has 170 valence electrons. The molecule has 1 aliphatic rings. The molecule has 1 unspecified atom stereocenters. The van der Waals surface area contributed by atoms with E-state index < -0.39 is 15.9 Å². The predicted molar refractivity (Wildman–Crippen MR) is 124 cm³/mol. The van der Waals surface area contributed by atoms with Gasteiger partial charge in [-0.2, -0.15) is 0 Å². The van der Waals surface area contributed by atoms with Gasteiger partial charge < -0.3 is 10.2 Å². The minimum absolute atomic E-state index is 0.00472. The van der Waals surface area contributed by atoms with Gasteiger partial charge in [-0.3, -0.25) is 9.59 Å². The molecule has 1 saturated heterocycles. The van der Waals surface area contributed by atoms with Crippen LogP contribution < -0.4 is 14.9 Å². The van der Waals surface area contributed by atoms with Crippen LogP contribution in [0.25, 0.3) is 0 Å². The Morgan fingerprint density at radius 1 is 1.03 bits per heavy atom. The van der Waals surface area contributed by atoms with E-state index in [0.29, 0.717) is 12.2 Å². The van der Waals surface area contributed by atoms with Crippen LogP contribution >= 0.6 is 0 Å². The number of nitrogens with one attached hydrogen (secondary N) is 2. The fourth-order valence-corrected chi connectivity index (χ4v) is 4.59. The SMILES string of the molecule is Cc1cccc(N2CC(C(=O)Nc3ccc(S(=O)(=O)Nc4ncccn4)cc3)CC2=O)c1C. The molecule has 3 aromatic rings. The summed E-state index contributed by atoms with van der Waals surface area (Å²) in [6.07, 6.45) is 2.98. The van der Waals surface area contributed by atoms with Crippen LogP contribution in [0.2, 0.25) is 0 Å². The number of aryl methyl sites for hydroxylation is 1. The number of carbonyl (C=O) groups excluding carboxylic acids is 2. The monoisotopic (exact) mass is 465 g/mol. The van der Waals surface area contributed by atoms with E-state index in [1.807, 2.05) is 32.0 Å². The van der Waals surface area contributed by atoms with Crippen molar-refractivity contribution >= 4 is 39.2 Å². The average molecular weight is 466 g/mol. The van der Waals surface area contributed by atoms with Gasteiger partial charge in [-0.15, -0.1) is 0 Å². The van der Waals surface area contributed by atoms with E-state index in [-0.39, 0.29) is 29.1 Å². The molecular weight excluding hydrogens is 442 g/mol. The van der Waals surface area contributed by atoms with Crippen molar-refractivity contribution in [2.75, 3.05) is 21.5 Å². The van der Waals surface area contributed by atoms with Crippen LogP contribution in [-0.2, 0) is 19.6 Å². The molecule has 2 amide bonds. The van der Waals surface area contributed by atoms with E-state index in [0.717, 1.165) is 16.8 Å². The summed E-state index contributed by atoms with van der Waals surface area (Å²) in [5.74, 6) is -0.922. The number of hydrogen-bond acceptors (Lipinski definition) is 6. The molecule has 0 saturated carbocycles. The van der Waals surface area contributed by atoms with E-state index in [2.05, 4.69) is 20.0 Å². The molecule has 0 radical (unpaired) electrons. The molecule has 2 heterocycles. The summed E-state index contributed by atoms with van der Waals surface area (Å²) in [5.41, 5.74) is 3.35. The second kappa shape index (κ2) is 8.99. The summed E-state index contributed by atoms with van der Waals surface area (Å²) in [7, 11) is -3.87. The van der Waals surface area contributed by atoms with Crippen LogP contribution in [0.1, 0.15) is 17.5 Å². The number of carbonyl (C=O) groups is 2. The second-order valence-electron chi connectivity index (χ2n) is 7.82. The fraction of sp³-hybridized carbons (Fsp3) is 0.217. The molecule has 10 heteroatoms. The van der Waals surface area contributed by atoms with Gasteiger partial charge in [-0.1, -0.05) is 12.1 Å². The first kappa shape index (κ1) is 22.4. The van der Waals surface area contributed by atoms with Gasteiger partial charge in [0.15, 0.2) is 0 Å².